The van der Waals surface area contributed by atoms with Crippen LogP contribution in [0.5, 0.6) is 5.75 Å². The molecule has 0 fully saturated rings. The van der Waals surface area contributed by atoms with Crippen molar-refractivity contribution in [2.24, 2.45) is 0 Å². The van der Waals surface area contributed by atoms with Crippen LogP contribution in [0.25, 0.3) is 11.1 Å². The number of aryl methyl sites for hydroxylation is 1. The van der Waals surface area contributed by atoms with Crippen molar-refractivity contribution in [2.45, 2.75) is 62.8 Å². The quantitative estimate of drug-likeness (QED) is 0.0622. The van der Waals surface area contributed by atoms with Crippen LogP contribution in [0.4, 0.5) is 4.79 Å². The predicted molar refractivity (Wildman–Crippen MR) is 223 cm³/mol. The second-order valence-corrected chi connectivity index (χ2v) is 16.2. The lowest BCUT2D eigenvalue weighted by Gasteiger charge is -2.35. The topological polar surface area (TPSA) is 103 Å². The third kappa shape index (κ3) is 9.45. The first-order valence-corrected chi connectivity index (χ1v) is 20.0. The maximum absolute atomic E-state index is 13.3. The maximum Gasteiger partial charge on any atom is 0.407 e. The van der Waals surface area contributed by atoms with Gasteiger partial charge in [0.25, 0.3) is 0 Å². The summed E-state index contributed by atoms with van der Waals surface area (Å²) in [4.78, 5) is 39.8. The lowest BCUT2D eigenvalue weighted by molar-refractivity contribution is -0.157. The number of nitrogens with one attached hydrogen (secondary N) is 2. The molecular formula is C47H50N2O6S. The molecule has 1 aliphatic rings. The molecule has 0 saturated heterocycles. The minimum atomic E-state index is -1.08. The van der Waals surface area contributed by atoms with E-state index in [9.17, 15) is 14.4 Å². The molecule has 0 saturated carbocycles. The average molecular weight is 771 g/mol. The molecule has 5 aromatic rings. The van der Waals surface area contributed by atoms with Crippen molar-refractivity contribution >= 4 is 29.7 Å². The van der Waals surface area contributed by atoms with Crippen molar-refractivity contribution in [3.8, 4) is 16.9 Å². The fourth-order valence-electron chi connectivity index (χ4n) is 7.20. The van der Waals surface area contributed by atoms with E-state index in [-0.39, 0.29) is 31.3 Å². The Morgan fingerprint density at radius 3 is 1.88 bits per heavy atom. The lowest BCUT2D eigenvalue weighted by atomic mass is 9.83. The third-order valence-electron chi connectivity index (χ3n) is 9.86. The Hall–Kier alpha value is -5.54. The van der Waals surface area contributed by atoms with E-state index >= 15 is 0 Å². The first-order chi connectivity index (χ1) is 27.0. The average Bonchev–Trinajstić information content (AvgIpc) is 3.52. The van der Waals surface area contributed by atoms with Crippen molar-refractivity contribution in [3.63, 3.8) is 0 Å². The number of fused-ring (bicyclic) bond motifs is 3. The Balaban J connectivity index is 1.10. The molecule has 0 aliphatic heterocycles. The minimum Gasteiger partial charge on any atom is -0.497 e. The van der Waals surface area contributed by atoms with E-state index < -0.39 is 28.5 Å². The molecule has 0 spiro atoms. The molecule has 2 N–H and O–H groups in total. The molecule has 2 amide bonds. The largest absolute Gasteiger partial charge is 0.497 e. The zero-order chi connectivity index (χ0) is 39.7. The molecule has 8 nitrogen and oxygen atoms in total. The van der Waals surface area contributed by atoms with Gasteiger partial charge in [-0.3, -0.25) is 4.79 Å². The smallest absolute Gasteiger partial charge is 0.407 e. The molecule has 0 heterocycles. The monoisotopic (exact) mass is 770 g/mol. The number of esters is 1. The molecule has 9 heteroatoms. The lowest BCUT2D eigenvalue weighted by Crippen LogP contribution is -2.45. The van der Waals surface area contributed by atoms with Crippen LogP contribution in [0.1, 0.15) is 72.9 Å². The van der Waals surface area contributed by atoms with Crippen LogP contribution >= 0.6 is 11.8 Å². The number of alkyl carbamates (subject to hydrolysis) is 1. The summed E-state index contributed by atoms with van der Waals surface area (Å²) in [5.74, 6) is 0.370. The fourth-order valence-corrected chi connectivity index (χ4v) is 8.62. The first kappa shape index (κ1) is 40.1. The van der Waals surface area contributed by atoms with Crippen LogP contribution < -0.4 is 15.4 Å². The molecule has 1 aliphatic carbocycles. The van der Waals surface area contributed by atoms with E-state index in [0.717, 1.165) is 44.7 Å². The zero-order valence-corrected chi connectivity index (χ0v) is 33.5. The highest BCUT2D eigenvalue weighted by Crippen LogP contribution is 2.49. The van der Waals surface area contributed by atoms with E-state index in [1.807, 2.05) is 66.7 Å². The number of thioether (sulfide) groups is 1. The van der Waals surface area contributed by atoms with E-state index in [4.69, 9.17) is 14.2 Å². The third-order valence-corrected chi connectivity index (χ3v) is 11.4. The summed E-state index contributed by atoms with van der Waals surface area (Å²) < 4.78 is 16.3. The van der Waals surface area contributed by atoms with Gasteiger partial charge in [-0.25, -0.2) is 9.59 Å². The highest BCUT2D eigenvalue weighted by molar-refractivity contribution is 8.00. The van der Waals surface area contributed by atoms with Gasteiger partial charge < -0.3 is 24.8 Å². The molecule has 5 aromatic carbocycles. The van der Waals surface area contributed by atoms with Gasteiger partial charge in [-0.15, -0.1) is 11.8 Å². The number of hydrogen-bond donors (Lipinski definition) is 2. The summed E-state index contributed by atoms with van der Waals surface area (Å²) in [5, 5.41) is 5.73. The number of benzene rings is 5. The Kier molecular flexibility index (Phi) is 12.9. The van der Waals surface area contributed by atoms with Gasteiger partial charge >= 0.3 is 12.1 Å². The predicted octanol–water partition coefficient (Wildman–Crippen LogP) is 9.17. The molecule has 6 rings (SSSR count). The Bertz CT molecular complexity index is 2070. The van der Waals surface area contributed by atoms with Crippen molar-refractivity contribution in [3.05, 3.63) is 161 Å². The van der Waals surface area contributed by atoms with Gasteiger partial charge in [-0.2, -0.15) is 0 Å². The van der Waals surface area contributed by atoms with Crippen LogP contribution in [-0.4, -0.2) is 55.6 Å². The van der Waals surface area contributed by atoms with Crippen molar-refractivity contribution in [2.75, 3.05) is 26.0 Å². The highest BCUT2D eigenvalue weighted by Gasteiger charge is 2.37. The summed E-state index contributed by atoms with van der Waals surface area (Å²) in [6.45, 7) is 7.84. The van der Waals surface area contributed by atoms with Crippen LogP contribution in [0.2, 0.25) is 0 Å². The van der Waals surface area contributed by atoms with E-state index in [0.29, 0.717) is 12.3 Å². The second kappa shape index (κ2) is 17.9. The molecule has 0 aromatic heterocycles. The number of methoxy groups -OCH3 is 1. The summed E-state index contributed by atoms with van der Waals surface area (Å²) in [6, 6.07) is 42.2. The van der Waals surface area contributed by atoms with Crippen LogP contribution in [0.3, 0.4) is 0 Å². The van der Waals surface area contributed by atoms with Crippen molar-refractivity contribution < 1.29 is 28.6 Å². The molecule has 2 atom stereocenters. The molecule has 2 unspecified atom stereocenters. The van der Waals surface area contributed by atoms with E-state index in [2.05, 4.69) is 78.2 Å². The number of ether oxygens (including phenoxy) is 3. The van der Waals surface area contributed by atoms with Gasteiger partial charge in [0.2, 0.25) is 5.91 Å². The van der Waals surface area contributed by atoms with Gasteiger partial charge in [0.15, 0.2) is 0 Å². The van der Waals surface area contributed by atoms with Crippen molar-refractivity contribution in [1.82, 2.24) is 10.6 Å². The van der Waals surface area contributed by atoms with E-state index in [1.165, 1.54) is 5.56 Å². The summed E-state index contributed by atoms with van der Waals surface area (Å²) >= 11 is 1.74. The highest BCUT2D eigenvalue weighted by atomic mass is 32.2. The molecule has 290 valence electrons. The molecule has 0 bridgehead atoms. The first-order valence-electron chi connectivity index (χ1n) is 19.0. The molecule has 56 heavy (non-hydrogen) atoms. The summed E-state index contributed by atoms with van der Waals surface area (Å²) in [6.07, 6.45) is -0.703. The molecular weight excluding hydrogens is 721 g/mol. The van der Waals surface area contributed by atoms with Gasteiger partial charge in [-0.05, 0) is 85.2 Å². The van der Waals surface area contributed by atoms with Crippen LogP contribution in [-0.2, 0) is 23.8 Å². The van der Waals surface area contributed by atoms with E-state index in [1.54, 1.807) is 39.6 Å². The van der Waals surface area contributed by atoms with Crippen molar-refractivity contribution in [1.29, 1.82) is 0 Å². The summed E-state index contributed by atoms with van der Waals surface area (Å²) in [7, 11) is 1.66. The normalized spacial score (nSPS) is 13.7. The van der Waals surface area contributed by atoms with Crippen LogP contribution in [0.15, 0.2) is 127 Å². The maximum atomic E-state index is 13.3. The number of rotatable bonds is 15. The van der Waals surface area contributed by atoms with Crippen LogP contribution in [0, 0.1) is 6.92 Å². The number of carbonyl (C=O) groups is 3. The standard InChI is InChI=1S/C47H50N2O6S/c1-32-19-21-34(22-20-32)47(33-13-7-6-8-14-33,35-23-25-36(53-5)26-24-35)56-30-29-48-43(50)28-27-42(44(51)55-46(2,3)4)49-45(52)54-31-41-39-17-11-9-15-37(39)38-16-10-12-18-40(38)41/h6-26,41-42H,27-31H2,1-5H3,(H,48,50)(H,49,52). The summed E-state index contributed by atoms with van der Waals surface area (Å²) in [5.41, 5.74) is 8.12. The minimum absolute atomic E-state index is 0.00149. The van der Waals surface area contributed by atoms with Gasteiger partial charge in [-0.1, -0.05) is 121 Å². The van der Waals surface area contributed by atoms with Gasteiger partial charge in [0, 0.05) is 24.6 Å². The Morgan fingerprint density at radius 2 is 1.29 bits per heavy atom. The zero-order valence-electron chi connectivity index (χ0n) is 32.7. The van der Waals surface area contributed by atoms with Gasteiger partial charge in [0.05, 0.1) is 11.9 Å². The Morgan fingerprint density at radius 1 is 0.732 bits per heavy atom. The van der Waals surface area contributed by atoms with Gasteiger partial charge in [0.1, 0.15) is 24.0 Å². The number of hydrogen-bond acceptors (Lipinski definition) is 7. The number of carbonyl (C=O) groups excluding carboxylic acids is 3. The number of amides is 2. The Labute approximate surface area is 334 Å². The SMILES string of the molecule is COc1ccc(C(SCCNC(=O)CCC(NC(=O)OCC2c3ccccc3-c3ccccc32)C(=O)OC(C)(C)C)(c2ccccc2)c2ccc(C)cc2)cc1. The second-order valence-electron chi connectivity index (χ2n) is 14.9. The molecule has 0 radical (unpaired) electrons. The fraction of sp³-hybridized carbons (Fsp3) is 0.298.